The summed E-state index contributed by atoms with van der Waals surface area (Å²) in [6, 6.07) is 13.1. The van der Waals surface area contributed by atoms with Gasteiger partial charge in [-0.1, -0.05) is 24.3 Å². The number of nitrogens with zero attached hydrogens (tertiary/aromatic N) is 2. The third kappa shape index (κ3) is 4.66. The Bertz CT molecular complexity index is 1130. The van der Waals surface area contributed by atoms with Crippen LogP contribution in [0.1, 0.15) is 36.9 Å². The summed E-state index contributed by atoms with van der Waals surface area (Å²) in [5, 5.41) is 6.30. The van der Waals surface area contributed by atoms with Gasteiger partial charge in [0.05, 0.1) is 22.5 Å². The lowest BCUT2D eigenvalue weighted by molar-refractivity contribution is 0.0953. The van der Waals surface area contributed by atoms with Gasteiger partial charge in [-0.2, -0.15) is 0 Å². The maximum atomic E-state index is 12.6. The third-order valence-electron chi connectivity index (χ3n) is 4.51. The zero-order valence-corrected chi connectivity index (χ0v) is 17.1. The van der Waals surface area contributed by atoms with Crippen molar-refractivity contribution in [2.75, 3.05) is 5.32 Å². The van der Waals surface area contributed by atoms with Gasteiger partial charge in [-0.15, -0.1) is 11.3 Å². The molecular weight excluding hydrogens is 400 g/mol. The van der Waals surface area contributed by atoms with E-state index in [1.807, 2.05) is 42.0 Å². The molecule has 0 saturated carbocycles. The largest absolute Gasteiger partial charge is 0.459 e. The van der Waals surface area contributed by atoms with Crippen LogP contribution in [0, 0.1) is 6.92 Å². The van der Waals surface area contributed by atoms with Crippen molar-refractivity contribution in [2.24, 2.45) is 0 Å². The number of benzene rings is 1. The van der Waals surface area contributed by atoms with E-state index in [0.29, 0.717) is 16.4 Å². The highest BCUT2D eigenvalue weighted by Crippen LogP contribution is 2.27. The van der Waals surface area contributed by atoms with Crippen molar-refractivity contribution in [3.8, 4) is 0 Å². The highest BCUT2D eigenvalue weighted by molar-refractivity contribution is 7.18. The van der Waals surface area contributed by atoms with E-state index in [9.17, 15) is 9.59 Å². The normalized spacial score (nSPS) is 10.7. The van der Waals surface area contributed by atoms with Gasteiger partial charge < -0.3 is 19.6 Å². The van der Waals surface area contributed by atoms with Crippen molar-refractivity contribution in [1.29, 1.82) is 0 Å². The zero-order valence-electron chi connectivity index (χ0n) is 16.3. The van der Waals surface area contributed by atoms with Gasteiger partial charge in [0, 0.05) is 25.5 Å². The lowest BCUT2D eigenvalue weighted by atomic mass is 10.1. The number of aryl methyl sites for hydroxylation is 1. The Morgan fingerprint density at radius 2 is 1.93 bits per heavy atom. The summed E-state index contributed by atoms with van der Waals surface area (Å²) in [7, 11) is 0. The molecule has 4 aromatic rings. The van der Waals surface area contributed by atoms with Gasteiger partial charge in [0.15, 0.2) is 5.76 Å². The molecule has 1 aromatic carbocycles. The molecule has 3 aromatic heterocycles. The fourth-order valence-electron chi connectivity index (χ4n) is 2.97. The summed E-state index contributed by atoms with van der Waals surface area (Å²) in [5.74, 6) is -0.286. The SMILES string of the molecule is Cc1cc(NC(=O)c2ccco2)sc1C(=O)NCc1ccc(Cn2ccnc2)cc1. The van der Waals surface area contributed by atoms with E-state index in [1.165, 1.54) is 17.6 Å². The summed E-state index contributed by atoms with van der Waals surface area (Å²) in [5.41, 5.74) is 2.98. The molecule has 0 aliphatic heterocycles. The summed E-state index contributed by atoms with van der Waals surface area (Å²) in [4.78, 5) is 29.3. The molecule has 0 saturated heterocycles. The van der Waals surface area contributed by atoms with Crippen molar-refractivity contribution in [3.05, 3.63) is 94.8 Å². The number of hydrogen-bond donors (Lipinski definition) is 2. The minimum atomic E-state index is -0.344. The van der Waals surface area contributed by atoms with Gasteiger partial charge in [0.1, 0.15) is 0 Å². The molecule has 2 amide bonds. The Labute approximate surface area is 177 Å². The fraction of sp³-hybridized carbons (Fsp3) is 0.136. The fourth-order valence-corrected chi connectivity index (χ4v) is 3.95. The number of imidazole rings is 1. The first-order valence-corrected chi connectivity index (χ1v) is 10.2. The predicted molar refractivity (Wildman–Crippen MR) is 115 cm³/mol. The number of nitrogens with one attached hydrogen (secondary N) is 2. The number of anilines is 1. The number of rotatable bonds is 7. The number of carbonyl (C=O) groups excluding carboxylic acids is 2. The van der Waals surface area contributed by atoms with E-state index in [1.54, 1.807) is 30.7 Å². The molecule has 30 heavy (non-hydrogen) atoms. The van der Waals surface area contributed by atoms with E-state index in [0.717, 1.165) is 23.2 Å². The van der Waals surface area contributed by atoms with Crippen LogP contribution in [0.3, 0.4) is 0 Å². The van der Waals surface area contributed by atoms with Gasteiger partial charge in [0.2, 0.25) is 0 Å². The van der Waals surface area contributed by atoms with Crippen molar-refractivity contribution in [1.82, 2.24) is 14.9 Å². The summed E-state index contributed by atoms with van der Waals surface area (Å²) in [6.45, 7) is 3.03. The topological polar surface area (TPSA) is 89.2 Å². The molecule has 0 unspecified atom stereocenters. The molecule has 2 N–H and O–H groups in total. The summed E-state index contributed by atoms with van der Waals surface area (Å²) >= 11 is 1.24. The highest BCUT2D eigenvalue weighted by Gasteiger charge is 2.16. The molecule has 0 bridgehead atoms. The second kappa shape index (κ2) is 8.79. The molecule has 0 fully saturated rings. The van der Waals surface area contributed by atoms with Crippen LogP contribution < -0.4 is 10.6 Å². The molecule has 152 valence electrons. The van der Waals surface area contributed by atoms with Crippen LogP contribution in [0.15, 0.2) is 71.9 Å². The number of thiophene rings is 1. The van der Waals surface area contributed by atoms with E-state index in [2.05, 4.69) is 15.6 Å². The van der Waals surface area contributed by atoms with Crippen LogP contribution in [0.5, 0.6) is 0 Å². The first kappa shape index (κ1) is 19.7. The molecule has 0 radical (unpaired) electrons. The van der Waals surface area contributed by atoms with Crippen LogP contribution in [0.4, 0.5) is 5.00 Å². The van der Waals surface area contributed by atoms with E-state index in [4.69, 9.17) is 4.42 Å². The molecule has 7 nitrogen and oxygen atoms in total. The van der Waals surface area contributed by atoms with Crippen molar-refractivity contribution in [2.45, 2.75) is 20.0 Å². The quantitative estimate of drug-likeness (QED) is 0.472. The van der Waals surface area contributed by atoms with E-state index in [-0.39, 0.29) is 17.6 Å². The Morgan fingerprint density at radius 3 is 2.63 bits per heavy atom. The van der Waals surface area contributed by atoms with Crippen LogP contribution in [0.25, 0.3) is 0 Å². The van der Waals surface area contributed by atoms with Crippen LogP contribution >= 0.6 is 11.3 Å². The van der Waals surface area contributed by atoms with Gasteiger partial charge in [-0.25, -0.2) is 4.98 Å². The molecule has 0 aliphatic rings. The third-order valence-corrected chi connectivity index (χ3v) is 5.66. The minimum absolute atomic E-state index is 0.168. The summed E-state index contributed by atoms with van der Waals surface area (Å²) in [6.07, 6.45) is 6.90. The first-order valence-electron chi connectivity index (χ1n) is 9.35. The Kier molecular flexibility index (Phi) is 5.76. The standard InChI is InChI=1S/C22H20N4O3S/c1-15-11-19(25-21(27)18-3-2-10-29-18)30-20(15)22(28)24-12-16-4-6-17(7-5-16)13-26-9-8-23-14-26/h2-11,14H,12-13H2,1H3,(H,24,28)(H,25,27). The van der Waals surface area contributed by atoms with Crippen LogP contribution in [-0.2, 0) is 13.1 Å². The molecule has 3 heterocycles. The number of aromatic nitrogens is 2. The first-order chi connectivity index (χ1) is 14.6. The van der Waals surface area contributed by atoms with Gasteiger partial charge >= 0.3 is 0 Å². The number of hydrogen-bond acceptors (Lipinski definition) is 5. The van der Waals surface area contributed by atoms with Gasteiger partial charge in [0.25, 0.3) is 11.8 Å². The number of carbonyl (C=O) groups is 2. The van der Waals surface area contributed by atoms with Crippen molar-refractivity contribution in [3.63, 3.8) is 0 Å². The Morgan fingerprint density at radius 1 is 1.13 bits per heavy atom. The lowest BCUT2D eigenvalue weighted by Crippen LogP contribution is -2.22. The molecule has 0 atom stereocenters. The summed E-state index contributed by atoms with van der Waals surface area (Å²) < 4.78 is 7.08. The molecule has 8 heteroatoms. The maximum Gasteiger partial charge on any atom is 0.291 e. The average Bonchev–Trinajstić information content (AvgIpc) is 3.50. The number of furan rings is 1. The highest BCUT2D eigenvalue weighted by atomic mass is 32.1. The predicted octanol–water partition coefficient (Wildman–Crippen LogP) is 4.08. The van der Waals surface area contributed by atoms with Crippen molar-refractivity contribution < 1.29 is 14.0 Å². The molecular formula is C22H20N4O3S. The monoisotopic (exact) mass is 420 g/mol. The lowest BCUT2D eigenvalue weighted by Gasteiger charge is -2.07. The van der Waals surface area contributed by atoms with Gasteiger partial charge in [-0.05, 0) is 41.8 Å². The van der Waals surface area contributed by atoms with Crippen LogP contribution in [0.2, 0.25) is 0 Å². The van der Waals surface area contributed by atoms with Gasteiger partial charge in [-0.3, -0.25) is 9.59 Å². The second-order valence-corrected chi connectivity index (χ2v) is 7.84. The van der Waals surface area contributed by atoms with E-state index < -0.39 is 0 Å². The molecule has 0 aliphatic carbocycles. The number of amides is 2. The smallest absolute Gasteiger partial charge is 0.291 e. The minimum Gasteiger partial charge on any atom is -0.459 e. The molecule has 4 rings (SSSR count). The average molecular weight is 420 g/mol. The Hall–Kier alpha value is -3.65. The molecule has 0 spiro atoms. The Balaban J connectivity index is 1.33. The maximum absolute atomic E-state index is 12.6. The van der Waals surface area contributed by atoms with E-state index >= 15 is 0 Å². The zero-order chi connectivity index (χ0) is 20.9. The second-order valence-electron chi connectivity index (χ2n) is 6.79. The van der Waals surface area contributed by atoms with Crippen LogP contribution in [-0.4, -0.2) is 21.4 Å². The van der Waals surface area contributed by atoms with Crippen molar-refractivity contribution >= 4 is 28.2 Å².